The number of nitrogens with one attached hydrogen (secondary N) is 1. The van der Waals surface area contributed by atoms with Crippen molar-refractivity contribution in [2.45, 2.75) is 12.5 Å². The molecule has 0 radical (unpaired) electrons. The number of fused-ring (bicyclic) bond motifs is 1. The lowest BCUT2D eigenvalue weighted by Gasteiger charge is -2.20. The zero-order valence-electron chi connectivity index (χ0n) is 16.3. The Morgan fingerprint density at radius 2 is 1.93 bits per heavy atom. The van der Waals surface area contributed by atoms with E-state index in [0.717, 1.165) is 11.1 Å². The summed E-state index contributed by atoms with van der Waals surface area (Å²) in [4.78, 5) is 23.4. The van der Waals surface area contributed by atoms with Crippen LogP contribution < -0.4 is 14.8 Å². The molecule has 0 unspecified atom stereocenters. The van der Waals surface area contributed by atoms with Crippen LogP contribution >= 0.6 is 0 Å². The Morgan fingerprint density at radius 3 is 2.62 bits per heavy atom. The van der Waals surface area contributed by atoms with Gasteiger partial charge in [0.25, 0.3) is 5.69 Å². The molecule has 0 aliphatic carbocycles. The fourth-order valence-corrected chi connectivity index (χ4v) is 2.99. The lowest BCUT2D eigenvalue weighted by Crippen LogP contribution is -2.25. The molecule has 1 aliphatic rings. The van der Waals surface area contributed by atoms with Crippen LogP contribution in [0, 0.1) is 10.1 Å². The summed E-state index contributed by atoms with van der Waals surface area (Å²) in [6.45, 7) is 1.16. The van der Waals surface area contributed by atoms with Gasteiger partial charge in [0.2, 0.25) is 0 Å². The summed E-state index contributed by atoms with van der Waals surface area (Å²) in [6, 6.07) is 11.7. The quantitative estimate of drug-likeness (QED) is 0.589. The molecule has 1 atom stereocenters. The molecule has 0 fully saturated rings. The fourth-order valence-electron chi connectivity index (χ4n) is 2.99. The molecule has 1 heterocycles. The highest BCUT2D eigenvalue weighted by Crippen LogP contribution is 2.28. The molecule has 0 saturated carbocycles. The zero-order chi connectivity index (χ0) is 20.8. The molecule has 0 bridgehead atoms. The van der Waals surface area contributed by atoms with Crippen molar-refractivity contribution in [2.75, 3.05) is 27.2 Å². The maximum atomic E-state index is 11.8. The Morgan fingerprint density at radius 1 is 1.21 bits per heavy atom. The number of non-ortho nitro benzene ring substituents is 1. The average molecular weight is 397 g/mol. The van der Waals surface area contributed by atoms with Gasteiger partial charge >= 0.3 is 6.09 Å². The number of nitro benzene ring substituents is 1. The maximum Gasteiger partial charge on any atom is 0.414 e. The van der Waals surface area contributed by atoms with E-state index in [1.165, 1.54) is 17.0 Å². The first-order valence-corrected chi connectivity index (χ1v) is 9.24. The van der Waals surface area contributed by atoms with Crippen molar-refractivity contribution in [3.05, 3.63) is 69.8 Å². The molecule has 29 heavy (non-hydrogen) atoms. The Kier molecular flexibility index (Phi) is 6.46. The SMILES string of the molecule is CN(C)C(=O)Oc1ccc2c(c1)C=CCN[C@@H]2CCOc1ccc([N+](=O)[O-])cc1. The van der Waals surface area contributed by atoms with Crippen LogP contribution in [0.2, 0.25) is 0 Å². The summed E-state index contributed by atoms with van der Waals surface area (Å²) in [6.07, 6.45) is 4.32. The molecular weight excluding hydrogens is 374 g/mol. The predicted molar refractivity (Wildman–Crippen MR) is 109 cm³/mol. The highest BCUT2D eigenvalue weighted by Gasteiger charge is 2.18. The summed E-state index contributed by atoms with van der Waals surface area (Å²) in [5, 5.41) is 14.2. The van der Waals surface area contributed by atoms with Gasteiger partial charge in [0.15, 0.2) is 0 Å². The number of nitro groups is 1. The lowest BCUT2D eigenvalue weighted by atomic mass is 9.98. The number of amides is 1. The molecule has 8 nitrogen and oxygen atoms in total. The van der Waals surface area contributed by atoms with Gasteiger partial charge in [0, 0.05) is 45.2 Å². The number of ether oxygens (including phenoxy) is 2. The summed E-state index contributed by atoms with van der Waals surface area (Å²) in [7, 11) is 3.27. The minimum Gasteiger partial charge on any atom is -0.494 e. The van der Waals surface area contributed by atoms with Crippen LogP contribution in [0.5, 0.6) is 11.5 Å². The van der Waals surface area contributed by atoms with Crippen molar-refractivity contribution in [3.63, 3.8) is 0 Å². The molecule has 1 aliphatic heterocycles. The third-order valence-electron chi connectivity index (χ3n) is 4.51. The van der Waals surface area contributed by atoms with Gasteiger partial charge in [-0.3, -0.25) is 10.1 Å². The first-order chi connectivity index (χ1) is 13.9. The van der Waals surface area contributed by atoms with Crippen molar-refractivity contribution < 1.29 is 19.2 Å². The molecule has 3 rings (SSSR count). The zero-order valence-corrected chi connectivity index (χ0v) is 16.3. The molecule has 1 N–H and O–H groups in total. The molecular formula is C21H23N3O5. The summed E-state index contributed by atoms with van der Waals surface area (Å²) < 4.78 is 11.1. The minimum absolute atomic E-state index is 0.0357. The van der Waals surface area contributed by atoms with Gasteiger partial charge < -0.3 is 19.7 Å². The van der Waals surface area contributed by atoms with E-state index in [-0.39, 0.29) is 11.7 Å². The van der Waals surface area contributed by atoms with Crippen LogP contribution in [-0.2, 0) is 0 Å². The van der Waals surface area contributed by atoms with Crippen LogP contribution in [0.4, 0.5) is 10.5 Å². The first-order valence-electron chi connectivity index (χ1n) is 9.24. The predicted octanol–water partition coefficient (Wildman–Crippen LogP) is 3.78. The average Bonchev–Trinajstić information content (AvgIpc) is 2.90. The van der Waals surface area contributed by atoms with E-state index >= 15 is 0 Å². The van der Waals surface area contributed by atoms with Crippen molar-refractivity contribution >= 4 is 17.9 Å². The highest BCUT2D eigenvalue weighted by atomic mass is 16.6. The molecule has 8 heteroatoms. The van der Waals surface area contributed by atoms with Crippen molar-refractivity contribution in [1.82, 2.24) is 10.2 Å². The summed E-state index contributed by atoms with van der Waals surface area (Å²) in [5.74, 6) is 1.09. The Labute approximate surface area is 168 Å². The van der Waals surface area contributed by atoms with E-state index in [9.17, 15) is 14.9 Å². The van der Waals surface area contributed by atoms with Gasteiger partial charge in [0.1, 0.15) is 11.5 Å². The first kappa shape index (κ1) is 20.3. The standard InChI is InChI=1S/C21H23N3O5/c1-23(2)21(25)29-18-9-10-19-15(14-18)4-3-12-22-20(19)11-13-28-17-7-5-16(6-8-17)24(26)27/h3-10,14,20,22H,11-13H2,1-2H3/t20-/m1/s1. The van der Waals surface area contributed by atoms with Crippen molar-refractivity contribution in [3.8, 4) is 11.5 Å². The summed E-state index contributed by atoms with van der Waals surface area (Å²) >= 11 is 0. The third kappa shape index (κ3) is 5.32. The Bertz CT molecular complexity index is 909. The van der Waals surface area contributed by atoms with E-state index in [1.807, 2.05) is 24.3 Å². The van der Waals surface area contributed by atoms with Gasteiger partial charge in [-0.05, 0) is 35.4 Å². The second-order valence-electron chi connectivity index (χ2n) is 6.80. The van der Waals surface area contributed by atoms with Crippen LogP contribution in [0.15, 0.2) is 48.5 Å². The highest BCUT2D eigenvalue weighted by molar-refractivity contribution is 5.70. The largest absolute Gasteiger partial charge is 0.494 e. The number of hydrogen-bond acceptors (Lipinski definition) is 6. The Hall–Kier alpha value is -3.39. The molecule has 2 aromatic rings. The van der Waals surface area contributed by atoms with Gasteiger partial charge in [-0.1, -0.05) is 18.2 Å². The van der Waals surface area contributed by atoms with Crippen LogP contribution in [0.25, 0.3) is 6.08 Å². The molecule has 152 valence electrons. The van der Waals surface area contributed by atoms with E-state index in [2.05, 4.69) is 5.32 Å². The number of nitrogens with zero attached hydrogens (tertiary/aromatic N) is 2. The molecule has 2 aromatic carbocycles. The monoisotopic (exact) mass is 397 g/mol. The Balaban J connectivity index is 1.64. The van der Waals surface area contributed by atoms with Gasteiger partial charge in [-0.2, -0.15) is 0 Å². The van der Waals surface area contributed by atoms with Gasteiger partial charge in [-0.25, -0.2) is 4.79 Å². The molecule has 0 aromatic heterocycles. The minimum atomic E-state index is -0.437. The van der Waals surface area contributed by atoms with E-state index in [1.54, 1.807) is 32.3 Å². The third-order valence-corrected chi connectivity index (χ3v) is 4.51. The number of carbonyl (C=O) groups excluding carboxylic acids is 1. The number of rotatable bonds is 6. The maximum absolute atomic E-state index is 11.8. The number of hydrogen-bond donors (Lipinski definition) is 1. The molecule has 0 saturated heterocycles. The normalized spacial score (nSPS) is 15.2. The summed E-state index contributed by atoms with van der Waals surface area (Å²) in [5.41, 5.74) is 2.11. The van der Waals surface area contributed by atoms with Crippen LogP contribution in [0.1, 0.15) is 23.6 Å². The number of carbonyl (C=O) groups is 1. The molecule has 1 amide bonds. The van der Waals surface area contributed by atoms with Crippen LogP contribution in [0.3, 0.4) is 0 Å². The van der Waals surface area contributed by atoms with Gasteiger partial charge in [-0.15, -0.1) is 0 Å². The second-order valence-corrected chi connectivity index (χ2v) is 6.80. The van der Waals surface area contributed by atoms with Crippen LogP contribution in [-0.4, -0.2) is 43.2 Å². The van der Waals surface area contributed by atoms with Gasteiger partial charge in [0.05, 0.1) is 11.5 Å². The van der Waals surface area contributed by atoms with Crippen molar-refractivity contribution in [1.29, 1.82) is 0 Å². The van der Waals surface area contributed by atoms with E-state index < -0.39 is 11.0 Å². The molecule has 0 spiro atoms. The smallest absolute Gasteiger partial charge is 0.414 e. The fraction of sp³-hybridized carbons (Fsp3) is 0.286. The second kappa shape index (κ2) is 9.20. The van der Waals surface area contributed by atoms with E-state index in [0.29, 0.717) is 31.1 Å². The topological polar surface area (TPSA) is 93.9 Å². The van der Waals surface area contributed by atoms with E-state index in [4.69, 9.17) is 9.47 Å². The van der Waals surface area contributed by atoms with Crippen molar-refractivity contribution in [2.24, 2.45) is 0 Å². The lowest BCUT2D eigenvalue weighted by molar-refractivity contribution is -0.384. The number of benzene rings is 2.